The molecule has 0 radical (unpaired) electrons. The maximum Gasteiger partial charge on any atom is 0.494 e. The van der Waals surface area contributed by atoms with Crippen LogP contribution in [0.1, 0.15) is 76.5 Å². The molecule has 11 rings (SSSR count). The minimum atomic E-state index is -0.367. The van der Waals surface area contributed by atoms with Gasteiger partial charge in [0.05, 0.1) is 22.6 Å². The molecule has 1 saturated heterocycles. The van der Waals surface area contributed by atoms with Crippen LogP contribution in [0.25, 0.3) is 45.0 Å². The fourth-order valence-electron chi connectivity index (χ4n) is 11.0. The van der Waals surface area contributed by atoms with Crippen molar-refractivity contribution in [2.24, 2.45) is 23.7 Å². The van der Waals surface area contributed by atoms with E-state index in [1.165, 1.54) is 48.8 Å². The summed E-state index contributed by atoms with van der Waals surface area (Å²) in [5, 5.41) is 10.5. The van der Waals surface area contributed by atoms with Crippen LogP contribution >= 0.6 is 0 Å². The van der Waals surface area contributed by atoms with Crippen LogP contribution in [0.3, 0.4) is 0 Å². The van der Waals surface area contributed by atoms with Gasteiger partial charge in [-0.1, -0.05) is 133 Å². The molecule has 1 aromatic heterocycles. The zero-order valence-corrected chi connectivity index (χ0v) is 33.3. The smallest absolute Gasteiger partial charge is 0.399 e. The third-order valence-corrected chi connectivity index (χ3v) is 14.3. The summed E-state index contributed by atoms with van der Waals surface area (Å²) in [6.07, 6.45) is 6.70. The molecule has 0 atom stereocenters. The van der Waals surface area contributed by atoms with Gasteiger partial charge in [0, 0.05) is 22.1 Å². The lowest BCUT2D eigenvalue weighted by molar-refractivity contribution is -0.0418. The van der Waals surface area contributed by atoms with Crippen LogP contribution in [-0.4, -0.2) is 28.3 Å². The van der Waals surface area contributed by atoms with Crippen LogP contribution in [0.15, 0.2) is 133 Å². The number of hydrogen-bond donors (Lipinski definition) is 0. The summed E-state index contributed by atoms with van der Waals surface area (Å²) in [4.78, 5) is 9.93. The fraction of sp³-hybridized carbons (Fsp3) is 0.314. The molecule has 4 bridgehead atoms. The molecule has 5 nitrogen and oxygen atoms in total. The fourth-order valence-corrected chi connectivity index (χ4v) is 11.0. The Balaban J connectivity index is 0.988. The Labute approximate surface area is 337 Å². The van der Waals surface area contributed by atoms with Crippen LogP contribution in [0.2, 0.25) is 0 Å². The van der Waals surface area contributed by atoms with Gasteiger partial charge in [-0.05, 0) is 111 Å². The molecular formula is C51H48BN3O2. The van der Waals surface area contributed by atoms with Crippen LogP contribution in [0.4, 0.5) is 0 Å². The van der Waals surface area contributed by atoms with E-state index >= 15 is 0 Å². The number of nitriles is 1. The molecule has 5 fully saturated rings. The molecule has 0 amide bonds. The summed E-state index contributed by atoms with van der Waals surface area (Å²) in [6.45, 7) is 8.48. The van der Waals surface area contributed by atoms with Crippen molar-refractivity contribution in [3.8, 4) is 51.1 Å². The van der Waals surface area contributed by atoms with Crippen LogP contribution in [-0.2, 0) is 14.7 Å². The van der Waals surface area contributed by atoms with E-state index in [9.17, 15) is 5.26 Å². The quantitative estimate of drug-likeness (QED) is 0.152. The first kappa shape index (κ1) is 36.0. The normalized spacial score (nSPS) is 25.4. The largest absolute Gasteiger partial charge is 0.494 e. The predicted octanol–water partition coefficient (Wildman–Crippen LogP) is 11.1. The number of rotatable bonds is 7. The molecule has 2 heterocycles. The van der Waals surface area contributed by atoms with E-state index in [1.54, 1.807) is 0 Å². The topological polar surface area (TPSA) is 68.0 Å². The van der Waals surface area contributed by atoms with Gasteiger partial charge < -0.3 is 9.31 Å². The first-order chi connectivity index (χ1) is 27.6. The molecule has 6 heteroatoms. The SMILES string of the molecule is CC1(C)OB(c2ccc(C3(c4ccc(-c5ccc(-c6nc(-c7ccccc7)nc(-c7ccccc7)c6C#N)cc5)cc4)C4CC5CC(C4)CC3C5)cc2)OC1(C)C. The van der Waals surface area contributed by atoms with Gasteiger partial charge in [-0.2, -0.15) is 5.26 Å². The maximum atomic E-state index is 10.5. The minimum absolute atomic E-state index is 0.00208. The van der Waals surface area contributed by atoms with Crippen molar-refractivity contribution >= 4 is 12.6 Å². The second-order valence-corrected chi connectivity index (χ2v) is 18.0. The third kappa shape index (κ3) is 5.98. The van der Waals surface area contributed by atoms with Gasteiger partial charge in [-0.3, -0.25) is 0 Å². The molecule has 4 saturated carbocycles. The van der Waals surface area contributed by atoms with E-state index in [1.807, 2.05) is 60.7 Å². The molecule has 6 aromatic rings. The average molecular weight is 746 g/mol. The molecule has 1 aliphatic heterocycles. The lowest BCUT2D eigenvalue weighted by Gasteiger charge is -2.62. The zero-order valence-electron chi connectivity index (χ0n) is 33.3. The van der Waals surface area contributed by atoms with E-state index in [2.05, 4.69) is 107 Å². The highest BCUT2D eigenvalue weighted by Gasteiger charge is 2.59. The molecule has 5 aliphatic rings. The Bertz CT molecular complexity index is 2430. The van der Waals surface area contributed by atoms with E-state index in [4.69, 9.17) is 19.3 Å². The lowest BCUT2D eigenvalue weighted by Crippen LogP contribution is -2.56. The Morgan fingerprint density at radius 1 is 0.526 bits per heavy atom. The molecular weight excluding hydrogens is 697 g/mol. The Morgan fingerprint density at radius 2 is 0.947 bits per heavy atom. The summed E-state index contributed by atoms with van der Waals surface area (Å²) in [5.74, 6) is 3.62. The van der Waals surface area contributed by atoms with Crippen molar-refractivity contribution in [2.75, 3.05) is 0 Å². The maximum absolute atomic E-state index is 10.5. The summed E-state index contributed by atoms with van der Waals surface area (Å²) in [7, 11) is -0.359. The molecule has 282 valence electrons. The molecule has 0 N–H and O–H groups in total. The summed E-state index contributed by atoms with van der Waals surface area (Å²) >= 11 is 0. The Morgan fingerprint density at radius 3 is 1.44 bits per heavy atom. The first-order valence-electron chi connectivity index (χ1n) is 20.7. The number of aromatic nitrogens is 2. The van der Waals surface area contributed by atoms with Crippen molar-refractivity contribution < 1.29 is 9.31 Å². The predicted molar refractivity (Wildman–Crippen MR) is 228 cm³/mol. The highest BCUT2D eigenvalue weighted by molar-refractivity contribution is 6.62. The lowest BCUT2D eigenvalue weighted by atomic mass is 9.42. The second kappa shape index (κ2) is 13.6. The number of hydrogen-bond acceptors (Lipinski definition) is 5. The summed E-state index contributed by atoms with van der Waals surface area (Å²) < 4.78 is 12.9. The number of benzene rings is 5. The summed E-state index contributed by atoms with van der Waals surface area (Å²) in [5.41, 5.74) is 10.0. The third-order valence-electron chi connectivity index (χ3n) is 14.3. The molecule has 57 heavy (non-hydrogen) atoms. The molecule has 0 spiro atoms. The van der Waals surface area contributed by atoms with E-state index < -0.39 is 0 Å². The van der Waals surface area contributed by atoms with Gasteiger partial charge in [0.25, 0.3) is 0 Å². The van der Waals surface area contributed by atoms with Crippen molar-refractivity contribution in [1.29, 1.82) is 5.26 Å². The van der Waals surface area contributed by atoms with Gasteiger partial charge in [0.1, 0.15) is 11.6 Å². The van der Waals surface area contributed by atoms with E-state index in [0.29, 0.717) is 34.6 Å². The Hall–Kier alpha value is -5.35. The van der Waals surface area contributed by atoms with E-state index in [-0.39, 0.29) is 23.7 Å². The van der Waals surface area contributed by atoms with Crippen LogP contribution in [0.5, 0.6) is 0 Å². The Kier molecular flexibility index (Phi) is 8.63. The highest BCUT2D eigenvalue weighted by atomic mass is 16.7. The van der Waals surface area contributed by atoms with Crippen LogP contribution < -0.4 is 5.46 Å². The molecule has 4 aliphatic carbocycles. The van der Waals surface area contributed by atoms with Gasteiger partial charge in [-0.15, -0.1) is 0 Å². The van der Waals surface area contributed by atoms with Gasteiger partial charge in [-0.25, -0.2) is 9.97 Å². The standard InChI is InChI=1S/C51H48BN3O2/c1-49(2)50(3,4)57-52(56-49)44-25-23-41(24-26-44)51(42-28-33-27-34(30-42)31-43(51)29-33)40-21-19-36(20-22-40)35-15-17-38(18-16-35)47-45(32-53)46(37-11-7-5-8-12-37)54-48(55-47)39-13-9-6-10-14-39/h5-26,33-34,42-43H,27-31H2,1-4H3. The minimum Gasteiger partial charge on any atom is -0.399 e. The van der Waals surface area contributed by atoms with Gasteiger partial charge in [0.2, 0.25) is 0 Å². The van der Waals surface area contributed by atoms with Gasteiger partial charge >= 0.3 is 7.12 Å². The molecule has 5 aromatic carbocycles. The average Bonchev–Trinajstić information content (AvgIpc) is 3.46. The monoisotopic (exact) mass is 745 g/mol. The second-order valence-electron chi connectivity index (χ2n) is 18.0. The molecule has 0 unspecified atom stereocenters. The zero-order chi connectivity index (χ0) is 38.9. The highest BCUT2D eigenvalue weighted by Crippen LogP contribution is 2.65. The first-order valence-corrected chi connectivity index (χ1v) is 20.7. The van der Waals surface area contributed by atoms with Gasteiger partial charge in [0.15, 0.2) is 5.82 Å². The number of nitrogens with zero attached hydrogens (tertiary/aromatic N) is 3. The van der Waals surface area contributed by atoms with Crippen molar-refractivity contribution in [2.45, 2.75) is 76.4 Å². The van der Waals surface area contributed by atoms with Crippen molar-refractivity contribution in [1.82, 2.24) is 9.97 Å². The van der Waals surface area contributed by atoms with E-state index in [0.717, 1.165) is 39.6 Å². The van der Waals surface area contributed by atoms with Crippen LogP contribution in [0, 0.1) is 35.0 Å². The van der Waals surface area contributed by atoms with Crippen molar-refractivity contribution in [3.05, 3.63) is 150 Å². The summed E-state index contributed by atoms with van der Waals surface area (Å²) in [6, 6.07) is 49.7. The van der Waals surface area contributed by atoms with Crippen molar-refractivity contribution in [3.63, 3.8) is 0 Å².